The SMILES string of the molecule is C=C(C)CN(C)c1ccccc1S(C)(=O)=O. The lowest BCUT2D eigenvalue weighted by Crippen LogP contribution is -2.21. The van der Waals surface area contributed by atoms with Gasteiger partial charge in [-0.05, 0) is 19.1 Å². The molecule has 0 aliphatic carbocycles. The summed E-state index contributed by atoms with van der Waals surface area (Å²) >= 11 is 0. The van der Waals surface area contributed by atoms with Crippen LogP contribution in [0.15, 0.2) is 41.3 Å². The molecule has 4 heteroatoms. The number of benzene rings is 1. The van der Waals surface area contributed by atoms with Crippen molar-refractivity contribution >= 4 is 15.5 Å². The predicted octanol–water partition coefficient (Wildman–Crippen LogP) is 2.10. The largest absolute Gasteiger partial charge is 0.370 e. The van der Waals surface area contributed by atoms with Crippen LogP contribution in [0.3, 0.4) is 0 Å². The molecule has 0 aliphatic heterocycles. The van der Waals surface area contributed by atoms with E-state index >= 15 is 0 Å². The van der Waals surface area contributed by atoms with E-state index in [1.165, 1.54) is 6.26 Å². The Hall–Kier alpha value is -1.29. The summed E-state index contributed by atoms with van der Waals surface area (Å²) in [6.45, 7) is 6.38. The molecule has 88 valence electrons. The predicted molar refractivity (Wildman–Crippen MR) is 67.6 cm³/mol. The van der Waals surface area contributed by atoms with E-state index in [2.05, 4.69) is 6.58 Å². The van der Waals surface area contributed by atoms with E-state index in [1.54, 1.807) is 18.2 Å². The molecule has 0 heterocycles. The van der Waals surface area contributed by atoms with Crippen LogP contribution >= 0.6 is 0 Å². The molecule has 0 unspecified atom stereocenters. The minimum absolute atomic E-state index is 0.360. The van der Waals surface area contributed by atoms with Gasteiger partial charge in [-0.1, -0.05) is 24.3 Å². The zero-order valence-electron chi connectivity index (χ0n) is 9.90. The lowest BCUT2D eigenvalue weighted by molar-refractivity contribution is 0.601. The molecule has 3 nitrogen and oxygen atoms in total. The van der Waals surface area contributed by atoms with Gasteiger partial charge in [0.05, 0.1) is 10.6 Å². The van der Waals surface area contributed by atoms with Gasteiger partial charge in [-0.3, -0.25) is 0 Å². The zero-order chi connectivity index (χ0) is 12.3. The van der Waals surface area contributed by atoms with Crippen LogP contribution in [0.4, 0.5) is 5.69 Å². The Bertz CT molecular complexity index is 491. The Morgan fingerprint density at radius 1 is 1.38 bits per heavy atom. The first kappa shape index (κ1) is 12.8. The van der Waals surface area contributed by atoms with Crippen molar-refractivity contribution in [1.82, 2.24) is 0 Å². The fraction of sp³-hybridized carbons (Fsp3) is 0.333. The summed E-state index contributed by atoms with van der Waals surface area (Å²) in [6, 6.07) is 6.99. The Morgan fingerprint density at radius 2 is 1.94 bits per heavy atom. The van der Waals surface area contributed by atoms with E-state index in [-0.39, 0.29) is 0 Å². The smallest absolute Gasteiger partial charge is 0.177 e. The van der Waals surface area contributed by atoms with Gasteiger partial charge in [0.15, 0.2) is 9.84 Å². The Morgan fingerprint density at radius 3 is 2.44 bits per heavy atom. The zero-order valence-corrected chi connectivity index (χ0v) is 10.7. The molecule has 0 spiro atoms. The molecule has 0 atom stereocenters. The second-order valence-corrected chi connectivity index (χ2v) is 6.04. The quantitative estimate of drug-likeness (QED) is 0.755. The third-order valence-corrected chi connectivity index (χ3v) is 3.33. The molecular formula is C12H17NO2S. The minimum atomic E-state index is -3.19. The minimum Gasteiger partial charge on any atom is -0.370 e. The van der Waals surface area contributed by atoms with Crippen molar-refractivity contribution in [2.45, 2.75) is 11.8 Å². The van der Waals surface area contributed by atoms with E-state index in [0.29, 0.717) is 17.1 Å². The van der Waals surface area contributed by atoms with Crippen LogP contribution in [0, 0.1) is 0 Å². The first-order chi connectivity index (χ1) is 7.32. The second kappa shape index (κ2) is 4.70. The Kier molecular flexibility index (Phi) is 3.75. The number of nitrogens with zero attached hydrogens (tertiary/aromatic N) is 1. The molecule has 0 N–H and O–H groups in total. The van der Waals surface area contributed by atoms with E-state index in [4.69, 9.17) is 0 Å². The molecule has 0 saturated heterocycles. The summed E-state index contributed by atoms with van der Waals surface area (Å²) in [5.41, 5.74) is 1.71. The number of rotatable bonds is 4. The van der Waals surface area contributed by atoms with Crippen molar-refractivity contribution in [1.29, 1.82) is 0 Å². The number of likely N-dealkylation sites (N-methyl/N-ethyl adjacent to an activating group) is 1. The summed E-state index contributed by atoms with van der Waals surface area (Å²) < 4.78 is 23.2. The molecule has 16 heavy (non-hydrogen) atoms. The Balaban J connectivity index is 3.19. The number of hydrogen-bond acceptors (Lipinski definition) is 3. The van der Waals surface area contributed by atoms with Crippen molar-refractivity contribution in [2.24, 2.45) is 0 Å². The van der Waals surface area contributed by atoms with E-state index in [1.807, 2.05) is 24.9 Å². The maximum absolute atomic E-state index is 11.6. The van der Waals surface area contributed by atoms with Gasteiger partial charge in [0.25, 0.3) is 0 Å². The molecular weight excluding hydrogens is 222 g/mol. The van der Waals surface area contributed by atoms with Crippen LogP contribution in [0.2, 0.25) is 0 Å². The fourth-order valence-corrected chi connectivity index (χ4v) is 2.51. The molecule has 0 aromatic heterocycles. The van der Waals surface area contributed by atoms with E-state index in [0.717, 1.165) is 5.57 Å². The molecule has 0 radical (unpaired) electrons. The van der Waals surface area contributed by atoms with Crippen LogP contribution in [0.1, 0.15) is 6.92 Å². The van der Waals surface area contributed by atoms with Gasteiger partial charge in [0, 0.05) is 19.8 Å². The first-order valence-electron chi connectivity index (χ1n) is 4.97. The fourth-order valence-electron chi connectivity index (χ4n) is 1.58. The van der Waals surface area contributed by atoms with Crippen LogP contribution in [-0.4, -0.2) is 28.3 Å². The van der Waals surface area contributed by atoms with Crippen LogP contribution in [-0.2, 0) is 9.84 Å². The van der Waals surface area contributed by atoms with Gasteiger partial charge in [-0.2, -0.15) is 0 Å². The number of para-hydroxylation sites is 1. The maximum Gasteiger partial charge on any atom is 0.177 e. The van der Waals surface area contributed by atoms with Gasteiger partial charge in [0.2, 0.25) is 0 Å². The van der Waals surface area contributed by atoms with E-state index in [9.17, 15) is 8.42 Å². The van der Waals surface area contributed by atoms with Crippen molar-refractivity contribution in [2.75, 3.05) is 24.7 Å². The highest BCUT2D eigenvalue weighted by molar-refractivity contribution is 7.90. The molecule has 1 aromatic carbocycles. The molecule has 0 aliphatic rings. The van der Waals surface area contributed by atoms with Crippen molar-refractivity contribution in [3.8, 4) is 0 Å². The highest BCUT2D eigenvalue weighted by Gasteiger charge is 2.14. The lowest BCUT2D eigenvalue weighted by Gasteiger charge is -2.21. The highest BCUT2D eigenvalue weighted by atomic mass is 32.2. The topological polar surface area (TPSA) is 37.4 Å². The molecule has 0 amide bonds. The standard InChI is InChI=1S/C12H17NO2S/c1-10(2)9-13(3)11-7-5-6-8-12(11)16(4,14)15/h5-8H,1,9H2,2-4H3. The molecule has 1 rings (SSSR count). The molecule has 1 aromatic rings. The average Bonchev–Trinajstić information content (AvgIpc) is 2.15. The maximum atomic E-state index is 11.6. The molecule has 0 fully saturated rings. The summed E-state index contributed by atoms with van der Waals surface area (Å²) in [7, 11) is -1.33. The summed E-state index contributed by atoms with van der Waals surface area (Å²) in [6.07, 6.45) is 1.22. The summed E-state index contributed by atoms with van der Waals surface area (Å²) in [4.78, 5) is 2.25. The van der Waals surface area contributed by atoms with Crippen molar-refractivity contribution in [3.05, 3.63) is 36.4 Å². The van der Waals surface area contributed by atoms with Crippen LogP contribution < -0.4 is 4.90 Å². The van der Waals surface area contributed by atoms with Crippen LogP contribution in [0.5, 0.6) is 0 Å². The molecule has 0 bridgehead atoms. The van der Waals surface area contributed by atoms with Crippen molar-refractivity contribution in [3.63, 3.8) is 0 Å². The normalized spacial score (nSPS) is 11.2. The third kappa shape index (κ3) is 3.10. The second-order valence-electron chi connectivity index (χ2n) is 4.05. The summed E-state index contributed by atoms with van der Waals surface area (Å²) in [5.74, 6) is 0. The number of hydrogen-bond donors (Lipinski definition) is 0. The monoisotopic (exact) mass is 239 g/mol. The highest BCUT2D eigenvalue weighted by Crippen LogP contribution is 2.24. The number of sulfone groups is 1. The van der Waals surface area contributed by atoms with Gasteiger partial charge in [0.1, 0.15) is 0 Å². The van der Waals surface area contributed by atoms with Gasteiger partial charge in [-0.15, -0.1) is 0 Å². The average molecular weight is 239 g/mol. The van der Waals surface area contributed by atoms with Gasteiger partial charge < -0.3 is 4.90 Å². The van der Waals surface area contributed by atoms with Crippen molar-refractivity contribution < 1.29 is 8.42 Å². The van der Waals surface area contributed by atoms with Gasteiger partial charge >= 0.3 is 0 Å². The first-order valence-corrected chi connectivity index (χ1v) is 6.86. The summed E-state index contributed by atoms with van der Waals surface area (Å²) in [5, 5.41) is 0. The third-order valence-electron chi connectivity index (χ3n) is 2.18. The molecule has 0 saturated carbocycles. The van der Waals surface area contributed by atoms with Gasteiger partial charge in [-0.25, -0.2) is 8.42 Å². The van der Waals surface area contributed by atoms with E-state index < -0.39 is 9.84 Å². The lowest BCUT2D eigenvalue weighted by atomic mass is 10.2. The Labute approximate surface area is 97.3 Å². The number of anilines is 1. The van der Waals surface area contributed by atoms with Crippen LogP contribution in [0.25, 0.3) is 0 Å².